The number of alkyl halides is 1. The molecule has 3 rings (SSSR count). The number of carbonyl (C=O) groups is 1. The van der Waals surface area contributed by atoms with Crippen molar-refractivity contribution in [2.75, 3.05) is 25.7 Å². The van der Waals surface area contributed by atoms with Gasteiger partial charge in [0.1, 0.15) is 0 Å². The molecule has 1 aromatic heterocycles. The maximum atomic E-state index is 12.4. The number of hydrogen-bond donors (Lipinski definition) is 0. The summed E-state index contributed by atoms with van der Waals surface area (Å²) >= 11 is 2.15. The van der Waals surface area contributed by atoms with E-state index in [1.165, 1.54) is 12.2 Å². The minimum atomic E-state index is -0.261. The Kier molecular flexibility index (Phi) is 6.79. The fourth-order valence-electron chi connectivity index (χ4n) is 2.62. The van der Waals surface area contributed by atoms with Crippen molar-refractivity contribution in [2.45, 2.75) is 25.5 Å². The topological polar surface area (TPSA) is 56.6 Å². The fourth-order valence-corrected chi connectivity index (χ4v) is 2.62. The molecule has 1 unspecified atom stereocenters. The Hall–Kier alpha value is -1.19. The van der Waals surface area contributed by atoms with Crippen LogP contribution in [0.3, 0.4) is 0 Å². The summed E-state index contributed by atoms with van der Waals surface area (Å²) in [7, 11) is 3.04. The molecule has 1 amide bonds. The van der Waals surface area contributed by atoms with Crippen molar-refractivity contribution in [3.05, 3.63) is 30.0 Å². The molecular formula is C16H22IN3O3. The minimum Gasteiger partial charge on any atom is -0.356 e. The van der Waals surface area contributed by atoms with Gasteiger partial charge in [0, 0.05) is 19.0 Å². The van der Waals surface area contributed by atoms with Crippen LogP contribution in [-0.2, 0) is 9.57 Å². The second-order valence-electron chi connectivity index (χ2n) is 5.12. The van der Waals surface area contributed by atoms with Gasteiger partial charge < -0.3 is 4.74 Å². The number of hydroxylamine groups is 2. The normalized spacial score (nSPS) is 17.5. The SMILES string of the molecule is CI.CON(C)C(=O)c1nn(C2CCCCO2)c2ccccc12. The fraction of sp³-hybridized carbons (Fsp3) is 0.500. The molecule has 1 aromatic carbocycles. The quantitative estimate of drug-likeness (QED) is 0.425. The van der Waals surface area contributed by atoms with E-state index in [2.05, 4.69) is 27.7 Å². The Balaban J connectivity index is 0.000000924. The van der Waals surface area contributed by atoms with Crippen molar-refractivity contribution in [3.63, 3.8) is 0 Å². The number of rotatable bonds is 3. The van der Waals surface area contributed by atoms with E-state index in [-0.39, 0.29) is 12.1 Å². The first-order chi connectivity index (χ1) is 11.2. The van der Waals surface area contributed by atoms with Crippen molar-refractivity contribution in [1.82, 2.24) is 14.8 Å². The molecule has 0 aliphatic carbocycles. The number of carbonyl (C=O) groups excluding carboxylic acids is 1. The molecule has 23 heavy (non-hydrogen) atoms. The van der Waals surface area contributed by atoms with E-state index in [1.54, 1.807) is 7.05 Å². The molecule has 7 heteroatoms. The van der Waals surface area contributed by atoms with Crippen molar-refractivity contribution in [3.8, 4) is 0 Å². The van der Waals surface area contributed by atoms with Crippen LogP contribution in [0.2, 0.25) is 0 Å². The van der Waals surface area contributed by atoms with E-state index < -0.39 is 0 Å². The molecule has 1 fully saturated rings. The van der Waals surface area contributed by atoms with Crippen LogP contribution >= 0.6 is 22.6 Å². The third-order valence-electron chi connectivity index (χ3n) is 3.80. The zero-order valence-corrected chi connectivity index (χ0v) is 15.8. The molecular weight excluding hydrogens is 409 g/mol. The molecule has 1 atom stereocenters. The largest absolute Gasteiger partial charge is 0.356 e. The molecule has 0 spiro atoms. The van der Waals surface area contributed by atoms with Gasteiger partial charge in [-0.05, 0) is 30.3 Å². The van der Waals surface area contributed by atoms with Crippen LogP contribution in [0.4, 0.5) is 0 Å². The standard InChI is InChI=1S/C15H19N3O3.CH3I/c1-17(20-2)15(19)14-11-7-3-4-8-12(11)18(16-14)13-9-5-6-10-21-13;1-2/h3-4,7-8,13H,5-6,9-10H2,1-2H3;1H3. The maximum Gasteiger partial charge on any atom is 0.298 e. The van der Waals surface area contributed by atoms with E-state index >= 15 is 0 Å². The van der Waals surface area contributed by atoms with Crippen LogP contribution in [0.5, 0.6) is 0 Å². The summed E-state index contributed by atoms with van der Waals surface area (Å²) in [5, 5.41) is 6.50. The molecule has 6 nitrogen and oxygen atoms in total. The van der Waals surface area contributed by atoms with Gasteiger partial charge in [-0.15, -0.1) is 0 Å². The van der Waals surface area contributed by atoms with E-state index in [4.69, 9.17) is 9.57 Å². The molecule has 0 saturated carbocycles. The van der Waals surface area contributed by atoms with E-state index in [1.807, 2.05) is 33.9 Å². The Morgan fingerprint density at radius 3 is 2.78 bits per heavy atom. The summed E-state index contributed by atoms with van der Waals surface area (Å²) in [6.45, 7) is 0.736. The number of amides is 1. The van der Waals surface area contributed by atoms with E-state index in [9.17, 15) is 4.79 Å². The molecule has 2 aromatic rings. The highest BCUT2D eigenvalue weighted by molar-refractivity contribution is 14.1. The van der Waals surface area contributed by atoms with Crippen molar-refractivity contribution >= 4 is 39.4 Å². The van der Waals surface area contributed by atoms with Crippen molar-refractivity contribution in [2.24, 2.45) is 0 Å². The minimum absolute atomic E-state index is 0.0990. The first-order valence-electron chi connectivity index (χ1n) is 7.51. The zero-order chi connectivity index (χ0) is 16.8. The van der Waals surface area contributed by atoms with E-state index in [0.29, 0.717) is 5.69 Å². The van der Waals surface area contributed by atoms with Crippen LogP contribution in [0.25, 0.3) is 10.9 Å². The van der Waals surface area contributed by atoms with Gasteiger partial charge in [0.05, 0.1) is 12.6 Å². The Bertz CT molecular complexity index is 653. The molecule has 1 saturated heterocycles. The number of para-hydroxylation sites is 1. The number of aromatic nitrogens is 2. The summed E-state index contributed by atoms with van der Waals surface area (Å²) < 4.78 is 7.62. The number of halogens is 1. The highest BCUT2D eigenvalue weighted by atomic mass is 127. The number of nitrogens with zero attached hydrogens (tertiary/aromatic N) is 3. The van der Waals surface area contributed by atoms with Gasteiger partial charge in [0.2, 0.25) is 0 Å². The summed E-state index contributed by atoms with van der Waals surface area (Å²) in [4.78, 5) is 19.3. The number of fused-ring (bicyclic) bond motifs is 1. The maximum absolute atomic E-state index is 12.4. The van der Waals surface area contributed by atoms with Crippen molar-refractivity contribution in [1.29, 1.82) is 0 Å². The summed E-state index contributed by atoms with van der Waals surface area (Å²) in [5.41, 5.74) is 1.31. The first kappa shape index (κ1) is 18.2. The van der Waals surface area contributed by atoms with Gasteiger partial charge in [-0.1, -0.05) is 40.8 Å². The first-order valence-corrected chi connectivity index (χ1v) is 9.67. The lowest BCUT2D eigenvalue weighted by atomic mass is 10.1. The van der Waals surface area contributed by atoms with Crippen LogP contribution in [-0.4, -0.2) is 46.4 Å². The molecule has 1 aliphatic rings. The smallest absolute Gasteiger partial charge is 0.298 e. The van der Waals surface area contributed by atoms with Gasteiger partial charge >= 0.3 is 0 Å². The van der Waals surface area contributed by atoms with Crippen LogP contribution in [0.1, 0.15) is 36.0 Å². The Morgan fingerprint density at radius 1 is 1.39 bits per heavy atom. The Morgan fingerprint density at radius 2 is 2.13 bits per heavy atom. The molecule has 126 valence electrons. The van der Waals surface area contributed by atoms with E-state index in [0.717, 1.165) is 36.8 Å². The predicted molar refractivity (Wildman–Crippen MR) is 97.6 cm³/mol. The second kappa shape index (κ2) is 8.60. The van der Waals surface area contributed by atoms with Gasteiger partial charge in [-0.2, -0.15) is 5.10 Å². The average molecular weight is 431 g/mol. The van der Waals surface area contributed by atoms with Gasteiger partial charge in [-0.25, -0.2) is 9.75 Å². The number of ether oxygens (including phenoxy) is 1. The lowest BCUT2D eigenvalue weighted by molar-refractivity contribution is -0.0762. The van der Waals surface area contributed by atoms with Crippen molar-refractivity contribution < 1.29 is 14.4 Å². The highest BCUT2D eigenvalue weighted by Crippen LogP contribution is 2.28. The summed E-state index contributed by atoms with van der Waals surface area (Å²) in [6.07, 6.45) is 3.01. The van der Waals surface area contributed by atoms with Gasteiger partial charge in [-0.3, -0.25) is 9.63 Å². The molecule has 0 radical (unpaired) electrons. The molecule has 0 bridgehead atoms. The lowest BCUT2D eigenvalue weighted by Gasteiger charge is -2.23. The average Bonchev–Trinajstić information content (AvgIpc) is 3.02. The molecule has 1 aliphatic heterocycles. The zero-order valence-electron chi connectivity index (χ0n) is 13.7. The predicted octanol–water partition coefficient (Wildman–Crippen LogP) is 3.42. The second-order valence-corrected chi connectivity index (χ2v) is 5.12. The monoisotopic (exact) mass is 431 g/mol. The Labute approximate surface area is 149 Å². The van der Waals surface area contributed by atoms with Crippen LogP contribution in [0, 0.1) is 0 Å². The highest BCUT2D eigenvalue weighted by Gasteiger charge is 2.25. The number of hydrogen-bond acceptors (Lipinski definition) is 4. The van der Waals surface area contributed by atoms with Gasteiger partial charge in [0.15, 0.2) is 11.9 Å². The third-order valence-corrected chi connectivity index (χ3v) is 3.80. The lowest BCUT2D eigenvalue weighted by Crippen LogP contribution is -2.26. The van der Waals surface area contributed by atoms with Gasteiger partial charge in [0.25, 0.3) is 5.91 Å². The number of benzene rings is 1. The molecule has 2 heterocycles. The van der Waals surface area contributed by atoms with Crippen LogP contribution < -0.4 is 0 Å². The summed E-state index contributed by atoms with van der Waals surface area (Å²) in [5.74, 6) is -0.261. The van der Waals surface area contributed by atoms with Crippen LogP contribution in [0.15, 0.2) is 24.3 Å². The summed E-state index contributed by atoms with van der Waals surface area (Å²) in [6, 6.07) is 7.71. The third kappa shape index (κ3) is 3.84. The molecule has 0 N–H and O–H groups in total.